The van der Waals surface area contributed by atoms with Crippen molar-refractivity contribution in [1.82, 2.24) is 10.2 Å². The Hall–Kier alpha value is -0.900. The monoisotopic (exact) mass is 234 g/mol. The van der Waals surface area contributed by atoms with Gasteiger partial charge in [0.05, 0.1) is 6.61 Å². The predicted octanol–water partition coefficient (Wildman–Crippen LogP) is 0.804. The van der Waals surface area contributed by atoms with E-state index in [0.29, 0.717) is 0 Å². The predicted molar refractivity (Wildman–Crippen MR) is 70.2 cm³/mol. The van der Waals surface area contributed by atoms with Crippen molar-refractivity contribution < 1.29 is 5.11 Å². The molecule has 1 aliphatic heterocycles. The minimum Gasteiger partial charge on any atom is -0.395 e. The number of nitrogens with one attached hydrogen (secondary N) is 1. The fraction of sp³-hybridized carbons (Fsp3) is 0.571. The van der Waals surface area contributed by atoms with Gasteiger partial charge in [-0.05, 0) is 18.9 Å². The maximum atomic E-state index is 9.53. The van der Waals surface area contributed by atoms with Crippen LogP contribution in [0.3, 0.4) is 0 Å². The molecule has 0 saturated carbocycles. The van der Waals surface area contributed by atoms with Gasteiger partial charge in [0.25, 0.3) is 0 Å². The minimum absolute atomic E-state index is 0.244. The lowest BCUT2D eigenvalue weighted by atomic mass is 10.0. The molecule has 1 aromatic rings. The Kier molecular flexibility index (Phi) is 4.54. The summed E-state index contributed by atoms with van der Waals surface area (Å²) >= 11 is 0. The van der Waals surface area contributed by atoms with E-state index >= 15 is 0 Å². The lowest BCUT2D eigenvalue weighted by molar-refractivity contribution is 0.110. The second-order valence-electron chi connectivity index (χ2n) is 4.81. The fourth-order valence-corrected chi connectivity index (χ4v) is 2.35. The molecule has 0 radical (unpaired) electrons. The van der Waals surface area contributed by atoms with Crippen molar-refractivity contribution in [3.8, 4) is 0 Å². The standard InChI is InChI=1S/C14H22N2O/c1-12-2-4-13(5-3-12)10-14(11-17)16-8-6-15-7-9-16/h2-5,14-15,17H,6-11H2,1H3. The van der Waals surface area contributed by atoms with Crippen LogP contribution in [0.25, 0.3) is 0 Å². The van der Waals surface area contributed by atoms with Crippen LogP contribution < -0.4 is 5.32 Å². The number of rotatable bonds is 4. The maximum absolute atomic E-state index is 9.53. The molecule has 2 N–H and O–H groups in total. The summed E-state index contributed by atoms with van der Waals surface area (Å²) in [6.07, 6.45) is 0.941. The van der Waals surface area contributed by atoms with Gasteiger partial charge < -0.3 is 10.4 Å². The highest BCUT2D eigenvalue weighted by Gasteiger charge is 2.19. The van der Waals surface area contributed by atoms with Gasteiger partial charge in [0.2, 0.25) is 0 Å². The number of hydrogen-bond donors (Lipinski definition) is 2. The molecule has 0 amide bonds. The highest BCUT2D eigenvalue weighted by molar-refractivity contribution is 5.22. The SMILES string of the molecule is Cc1ccc(CC(CO)N2CCNCC2)cc1. The van der Waals surface area contributed by atoms with Crippen LogP contribution in [0.15, 0.2) is 24.3 Å². The van der Waals surface area contributed by atoms with E-state index in [1.165, 1.54) is 11.1 Å². The zero-order valence-corrected chi connectivity index (χ0v) is 10.5. The summed E-state index contributed by atoms with van der Waals surface area (Å²) in [6, 6.07) is 8.88. The second kappa shape index (κ2) is 6.15. The molecule has 2 rings (SSSR count). The summed E-state index contributed by atoms with van der Waals surface area (Å²) in [5, 5.41) is 12.9. The van der Waals surface area contributed by atoms with Crippen LogP contribution >= 0.6 is 0 Å². The van der Waals surface area contributed by atoms with Crippen molar-refractivity contribution in [3.05, 3.63) is 35.4 Å². The summed E-state index contributed by atoms with van der Waals surface area (Å²) in [5.74, 6) is 0. The van der Waals surface area contributed by atoms with E-state index < -0.39 is 0 Å². The molecule has 0 aromatic heterocycles. The average molecular weight is 234 g/mol. The molecule has 1 fully saturated rings. The van der Waals surface area contributed by atoms with Crippen LogP contribution in [0.5, 0.6) is 0 Å². The van der Waals surface area contributed by atoms with Crippen LogP contribution in [0, 0.1) is 6.92 Å². The van der Waals surface area contributed by atoms with E-state index in [1.54, 1.807) is 0 Å². The van der Waals surface area contributed by atoms with Crippen molar-refractivity contribution in [1.29, 1.82) is 0 Å². The van der Waals surface area contributed by atoms with Crippen molar-refractivity contribution in [2.24, 2.45) is 0 Å². The molecule has 17 heavy (non-hydrogen) atoms. The molecule has 0 spiro atoms. The third kappa shape index (κ3) is 3.53. The molecule has 3 nitrogen and oxygen atoms in total. The zero-order valence-electron chi connectivity index (χ0n) is 10.5. The van der Waals surface area contributed by atoms with Gasteiger partial charge in [-0.1, -0.05) is 29.8 Å². The Labute approximate surface area is 103 Å². The van der Waals surface area contributed by atoms with Gasteiger partial charge in [0.1, 0.15) is 0 Å². The van der Waals surface area contributed by atoms with Gasteiger partial charge in [-0.15, -0.1) is 0 Å². The fourth-order valence-electron chi connectivity index (χ4n) is 2.35. The lowest BCUT2D eigenvalue weighted by Crippen LogP contribution is -2.50. The van der Waals surface area contributed by atoms with Gasteiger partial charge >= 0.3 is 0 Å². The summed E-state index contributed by atoms with van der Waals surface area (Å²) in [4.78, 5) is 2.39. The normalized spacial score (nSPS) is 19.2. The van der Waals surface area contributed by atoms with Crippen LogP contribution in [0.4, 0.5) is 0 Å². The summed E-state index contributed by atoms with van der Waals surface area (Å²) in [6.45, 7) is 6.49. The van der Waals surface area contributed by atoms with Crippen LogP contribution in [0.1, 0.15) is 11.1 Å². The molecule has 94 valence electrons. The lowest BCUT2D eigenvalue weighted by Gasteiger charge is -2.34. The Balaban J connectivity index is 1.96. The molecular formula is C14H22N2O. The first-order valence-electron chi connectivity index (χ1n) is 6.41. The third-order valence-electron chi connectivity index (χ3n) is 3.47. The van der Waals surface area contributed by atoms with E-state index in [0.717, 1.165) is 32.6 Å². The van der Waals surface area contributed by atoms with Crippen molar-refractivity contribution in [2.75, 3.05) is 32.8 Å². The minimum atomic E-state index is 0.244. The Morgan fingerprint density at radius 3 is 2.47 bits per heavy atom. The summed E-state index contributed by atoms with van der Waals surface area (Å²) in [5.41, 5.74) is 2.60. The zero-order chi connectivity index (χ0) is 12.1. The molecule has 1 saturated heterocycles. The quantitative estimate of drug-likeness (QED) is 0.809. The van der Waals surface area contributed by atoms with Crippen LogP contribution in [0.2, 0.25) is 0 Å². The molecule has 1 heterocycles. The third-order valence-corrected chi connectivity index (χ3v) is 3.47. The Morgan fingerprint density at radius 1 is 1.24 bits per heavy atom. The van der Waals surface area contributed by atoms with E-state index in [4.69, 9.17) is 0 Å². The molecule has 3 heteroatoms. The van der Waals surface area contributed by atoms with Gasteiger partial charge in [-0.2, -0.15) is 0 Å². The van der Waals surface area contributed by atoms with Crippen molar-refractivity contribution in [2.45, 2.75) is 19.4 Å². The number of aliphatic hydroxyl groups excluding tert-OH is 1. The first-order valence-corrected chi connectivity index (χ1v) is 6.41. The Bertz CT molecular complexity index is 331. The topological polar surface area (TPSA) is 35.5 Å². The Morgan fingerprint density at radius 2 is 1.88 bits per heavy atom. The average Bonchev–Trinajstić information content (AvgIpc) is 2.39. The van der Waals surface area contributed by atoms with Gasteiger partial charge in [-0.25, -0.2) is 0 Å². The highest BCUT2D eigenvalue weighted by atomic mass is 16.3. The van der Waals surface area contributed by atoms with Gasteiger partial charge in [0, 0.05) is 32.2 Å². The van der Waals surface area contributed by atoms with Crippen molar-refractivity contribution >= 4 is 0 Å². The van der Waals surface area contributed by atoms with Gasteiger partial charge in [-0.3, -0.25) is 4.90 Å². The molecule has 0 aliphatic carbocycles. The maximum Gasteiger partial charge on any atom is 0.0590 e. The number of aliphatic hydroxyl groups is 1. The van der Waals surface area contributed by atoms with Gasteiger partial charge in [0.15, 0.2) is 0 Å². The van der Waals surface area contributed by atoms with E-state index in [1.807, 2.05) is 0 Å². The van der Waals surface area contributed by atoms with Crippen LogP contribution in [-0.2, 0) is 6.42 Å². The van der Waals surface area contributed by atoms with E-state index in [9.17, 15) is 5.11 Å². The van der Waals surface area contributed by atoms with Crippen molar-refractivity contribution in [3.63, 3.8) is 0 Å². The molecule has 1 atom stereocenters. The smallest absolute Gasteiger partial charge is 0.0590 e. The van der Waals surface area contributed by atoms with E-state index in [2.05, 4.69) is 41.4 Å². The molecule has 0 bridgehead atoms. The first kappa shape index (κ1) is 12.6. The van der Waals surface area contributed by atoms with E-state index in [-0.39, 0.29) is 12.6 Å². The molecular weight excluding hydrogens is 212 g/mol. The van der Waals surface area contributed by atoms with Crippen LogP contribution in [-0.4, -0.2) is 48.8 Å². The molecule has 1 aromatic carbocycles. The number of hydrogen-bond acceptors (Lipinski definition) is 3. The number of benzene rings is 1. The number of aryl methyl sites for hydroxylation is 1. The number of piperazine rings is 1. The first-order chi connectivity index (χ1) is 8.29. The summed E-state index contributed by atoms with van der Waals surface area (Å²) < 4.78 is 0. The molecule has 1 aliphatic rings. The largest absolute Gasteiger partial charge is 0.395 e. The second-order valence-corrected chi connectivity index (χ2v) is 4.81. The number of nitrogens with zero attached hydrogens (tertiary/aromatic N) is 1. The molecule has 1 unspecified atom stereocenters. The summed E-state index contributed by atoms with van der Waals surface area (Å²) in [7, 11) is 0. The highest BCUT2D eigenvalue weighted by Crippen LogP contribution is 2.11.